The molecule has 5 atom stereocenters. The average molecular weight is 302 g/mol. The highest BCUT2D eigenvalue weighted by Gasteiger charge is 2.58. The van der Waals surface area contributed by atoms with Crippen molar-refractivity contribution in [2.75, 3.05) is 0 Å². The Morgan fingerprint density at radius 1 is 1.32 bits per heavy atom. The van der Waals surface area contributed by atoms with Gasteiger partial charge in [-0.05, 0) is 68.1 Å². The van der Waals surface area contributed by atoms with Gasteiger partial charge in [-0.25, -0.2) is 0 Å². The molecule has 0 aromatic rings. The molecule has 2 heteroatoms. The molecule has 0 spiro atoms. The van der Waals surface area contributed by atoms with Crippen LogP contribution < -0.4 is 0 Å². The normalized spacial score (nSPS) is 47.9. The number of hydrogen-bond acceptors (Lipinski definition) is 1. The summed E-state index contributed by atoms with van der Waals surface area (Å²) in [6, 6.07) is 0. The van der Waals surface area contributed by atoms with E-state index in [1.807, 2.05) is 6.92 Å². The summed E-state index contributed by atoms with van der Waals surface area (Å²) in [6.07, 6.45) is 12.0. The minimum Gasteiger partial charge on any atom is -0.481 e. The quantitative estimate of drug-likeness (QED) is 0.711. The molecular formula is C20H30O2. The zero-order valence-electron chi connectivity index (χ0n) is 14.3. The third kappa shape index (κ3) is 2.10. The fraction of sp³-hybridized carbons (Fsp3) is 0.750. The molecule has 22 heavy (non-hydrogen) atoms. The summed E-state index contributed by atoms with van der Waals surface area (Å²) in [7, 11) is 0. The largest absolute Gasteiger partial charge is 0.481 e. The maximum absolute atomic E-state index is 11.9. The van der Waals surface area contributed by atoms with Crippen LogP contribution in [0.15, 0.2) is 24.3 Å². The summed E-state index contributed by atoms with van der Waals surface area (Å²) in [6.45, 7) is 10.7. The molecule has 4 unspecified atom stereocenters. The SMILES string of the molecule is C=C[C@@]1(C)CCC2C(=CCC3C(C)(C(=O)O)CCCC23C)C1. The van der Waals surface area contributed by atoms with Crippen LogP contribution in [0.25, 0.3) is 0 Å². The first-order valence-corrected chi connectivity index (χ1v) is 8.81. The van der Waals surface area contributed by atoms with E-state index in [-0.39, 0.29) is 16.7 Å². The van der Waals surface area contributed by atoms with Gasteiger partial charge in [-0.3, -0.25) is 4.79 Å². The van der Waals surface area contributed by atoms with Crippen molar-refractivity contribution in [3.63, 3.8) is 0 Å². The predicted octanol–water partition coefficient (Wildman–Crippen LogP) is 5.21. The molecule has 2 fully saturated rings. The van der Waals surface area contributed by atoms with Crippen molar-refractivity contribution < 1.29 is 9.90 Å². The van der Waals surface area contributed by atoms with E-state index in [0.717, 1.165) is 25.7 Å². The molecule has 2 nitrogen and oxygen atoms in total. The van der Waals surface area contributed by atoms with Gasteiger partial charge < -0.3 is 5.11 Å². The van der Waals surface area contributed by atoms with Gasteiger partial charge >= 0.3 is 5.97 Å². The maximum Gasteiger partial charge on any atom is 0.309 e. The fourth-order valence-electron chi connectivity index (χ4n) is 5.86. The zero-order chi connectivity index (χ0) is 16.2. The molecule has 0 heterocycles. The van der Waals surface area contributed by atoms with Gasteiger partial charge in [0, 0.05) is 0 Å². The number of carboxylic acid groups (broad SMARTS) is 1. The Kier molecular flexibility index (Phi) is 3.58. The molecule has 1 N–H and O–H groups in total. The molecule has 0 aliphatic heterocycles. The molecule has 122 valence electrons. The third-order valence-corrected chi connectivity index (χ3v) is 7.43. The smallest absolute Gasteiger partial charge is 0.309 e. The molecule has 0 amide bonds. The summed E-state index contributed by atoms with van der Waals surface area (Å²) < 4.78 is 0. The van der Waals surface area contributed by atoms with Gasteiger partial charge in [-0.1, -0.05) is 38.0 Å². The molecule has 2 saturated carbocycles. The van der Waals surface area contributed by atoms with Crippen LogP contribution in [0.5, 0.6) is 0 Å². The van der Waals surface area contributed by atoms with E-state index in [9.17, 15) is 9.90 Å². The van der Waals surface area contributed by atoms with E-state index >= 15 is 0 Å². The van der Waals surface area contributed by atoms with Crippen LogP contribution in [0, 0.1) is 28.1 Å². The van der Waals surface area contributed by atoms with Crippen molar-refractivity contribution in [1.29, 1.82) is 0 Å². The number of carboxylic acids is 1. The molecular weight excluding hydrogens is 272 g/mol. The van der Waals surface area contributed by atoms with Gasteiger partial charge in [0.25, 0.3) is 0 Å². The monoisotopic (exact) mass is 302 g/mol. The predicted molar refractivity (Wildman–Crippen MR) is 89.5 cm³/mol. The summed E-state index contributed by atoms with van der Waals surface area (Å²) in [5.41, 5.74) is 1.43. The van der Waals surface area contributed by atoms with Crippen LogP contribution >= 0.6 is 0 Å². The topological polar surface area (TPSA) is 37.3 Å². The second kappa shape index (κ2) is 4.97. The fourth-order valence-corrected chi connectivity index (χ4v) is 5.86. The van der Waals surface area contributed by atoms with E-state index < -0.39 is 11.4 Å². The highest BCUT2D eigenvalue weighted by molar-refractivity contribution is 5.75. The summed E-state index contributed by atoms with van der Waals surface area (Å²) >= 11 is 0. The maximum atomic E-state index is 11.9. The lowest BCUT2D eigenvalue weighted by Gasteiger charge is -2.58. The van der Waals surface area contributed by atoms with E-state index in [1.165, 1.54) is 19.3 Å². The van der Waals surface area contributed by atoms with Crippen LogP contribution in [0.3, 0.4) is 0 Å². The van der Waals surface area contributed by atoms with E-state index in [2.05, 4.69) is 32.6 Å². The molecule has 0 aromatic carbocycles. The Morgan fingerprint density at radius 2 is 2.05 bits per heavy atom. The zero-order valence-corrected chi connectivity index (χ0v) is 14.3. The molecule has 0 bridgehead atoms. The van der Waals surface area contributed by atoms with Crippen molar-refractivity contribution in [1.82, 2.24) is 0 Å². The molecule has 0 saturated heterocycles. The minimum absolute atomic E-state index is 0.165. The summed E-state index contributed by atoms with van der Waals surface area (Å²) in [4.78, 5) is 11.9. The highest BCUT2D eigenvalue weighted by Crippen LogP contribution is 2.63. The van der Waals surface area contributed by atoms with Crippen molar-refractivity contribution in [2.45, 2.75) is 65.7 Å². The van der Waals surface area contributed by atoms with Gasteiger partial charge in [0.15, 0.2) is 0 Å². The first-order valence-electron chi connectivity index (χ1n) is 8.81. The standard InChI is InChI=1S/C20H30O2/c1-5-18(2)12-9-15-14(13-18)7-8-16-19(15,3)10-6-11-20(16,4)17(21)22/h5,7,15-16H,1,6,8-13H2,2-4H3,(H,21,22)/t15?,16?,18-,19?,20?/m0/s1. The van der Waals surface area contributed by atoms with Gasteiger partial charge in [-0.15, -0.1) is 6.58 Å². The van der Waals surface area contributed by atoms with Crippen LogP contribution in [0.2, 0.25) is 0 Å². The molecule has 0 radical (unpaired) electrons. The van der Waals surface area contributed by atoms with Crippen LogP contribution in [0.1, 0.15) is 65.7 Å². The number of allylic oxidation sites excluding steroid dienone is 3. The Hall–Kier alpha value is -1.05. The first-order chi connectivity index (χ1) is 10.3. The van der Waals surface area contributed by atoms with Crippen molar-refractivity contribution >= 4 is 5.97 Å². The lowest BCUT2D eigenvalue weighted by Crippen LogP contribution is -2.53. The number of carbonyl (C=O) groups is 1. The summed E-state index contributed by atoms with van der Waals surface area (Å²) in [5, 5.41) is 9.83. The molecule has 3 aliphatic rings. The van der Waals surface area contributed by atoms with Gasteiger partial charge in [0.05, 0.1) is 5.41 Å². The Morgan fingerprint density at radius 3 is 2.68 bits per heavy atom. The van der Waals surface area contributed by atoms with Crippen LogP contribution in [-0.4, -0.2) is 11.1 Å². The van der Waals surface area contributed by atoms with E-state index in [4.69, 9.17) is 0 Å². The Bertz CT molecular complexity index is 534. The minimum atomic E-state index is -0.591. The number of aliphatic carboxylic acids is 1. The third-order valence-electron chi connectivity index (χ3n) is 7.43. The molecule has 0 aromatic heterocycles. The number of hydrogen-bond donors (Lipinski definition) is 1. The van der Waals surface area contributed by atoms with Crippen molar-refractivity contribution in [3.8, 4) is 0 Å². The van der Waals surface area contributed by atoms with Gasteiger partial charge in [0.2, 0.25) is 0 Å². The van der Waals surface area contributed by atoms with Crippen LogP contribution in [-0.2, 0) is 4.79 Å². The average Bonchev–Trinajstić information content (AvgIpc) is 2.46. The van der Waals surface area contributed by atoms with E-state index in [0.29, 0.717) is 5.92 Å². The lowest BCUT2D eigenvalue weighted by molar-refractivity contribution is -0.163. The number of rotatable bonds is 2. The lowest BCUT2D eigenvalue weighted by atomic mass is 9.45. The highest BCUT2D eigenvalue weighted by atomic mass is 16.4. The van der Waals surface area contributed by atoms with Crippen molar-refractivity contribution in [2.24, 2.45) is 28.1 Å². The van der Waals surface area contributed by atoms with Crippen LogP contribution in [0.4, 0.5) is 0 Å². The summed E-state index contributed by atoms with van der Waals surface area (Å²) in [5.74, 6) is 0.276. The second-order valence-electron chi connectivity index (χ2n) is 8.78. The van der Waals surface area contributed by atoms with Gasteiger partial charge in [0.1, 0.15) is 0 Å². The van der Waals surface area contributed by atoms with E-state index in [1.54, 1.807) is 5.57 Å². The Balaban J connectivity index is 1.98. The molecule has 3 aliphatic carbocycles. The first kappa shape index (κ1) is 15.8. The second-order valence-corrected chi connectivity index (χ2v) is 8.78. The van der Waals surface area contributed by atoms with Crippen molar-refractivity contribution in [3.05, 3.63) is 24.3 Å². The Labute approximate surface area is 134 Å². The number of fused-ring (bicyclic) bond motifs is 3. The van der Waals surface area contributed by atoms with Gasteiger partial charge in [-0.2, -0.15) is 0 Å². The molecule has 3 rings (SSSR count).